The number of rotatable bonds is 4. The van der Waals surface area contributed by atoms with Crippen LogP contribution >= 0.6 is 0 Å². The number of hydrogen-bond acceptors (Lipinski definition) is 4. The number of nitrogens with one attached hydrogen (secondary N) is 1. The van der Waals surface area contributed by atoms with Crippen LogP contribution in [-0.2, 0) is 16.0 Å². The summed E-state index contributed by atoms with van der Waals surface area (Å²) < 4.78 is 25.6. The average molecular weight is 391 g/mol. The molecular formula is C21H31FN4O2. The third-order valence-corrected chi connectivity index (χ3v) is 6.03. The lowest BCUT2D eigenvalue weighted by Crippen LogP contribution is -2.41. The van der Waals surface area contributed by atoms with E-state index in [1.807, 2.05) is 17.0 Å². The molecule has 3 heterocycles. The van der Waals surface area contributed by atoms with Gasteiger partial charge in [-0.05, 0) is 37.5 Å². The number of guanidine groups is 1. The zero-order valence-electron chi connectivity index (χ0n) is 16.8. The van der Waals surface area contributed by atoms with Crippen molar-refractivity contribution in [2.24, 2.45) is 10.4 Å². The highest BCUT2D eigenvalue weighted by Gasteiger charge is 2.42. The summed E-state index contributed by atoms with van der Waals surface area (Å²) in [5.74, 6) is 0.742. The van der Waals surface area contributed by atoms with Crippen LogP contribution in [0.4, 0.5) is 10.1 Å². The highest BCUT2D eigenvalue weighted by molar-refractivity contribution is 5.80. The summed E-state index contributed by atoms with van der Waals surface area (Å²) in [6, 6.07) is 5.48. The summed E-state index contributed by atoms with van der Waals surface area (Å²) in [4.78, 5) is 9.17. The molecular weight excluding hydrogens is 359 g/mol. The average Bonchev–Trinajstić information content (AvgIpc) is 3.36. The van der Waals surface area contributed by atoms with Crippen LogP contribution in [0.15, 0.2) is 23.2 Å². The molecule has 0 amide bonds. The second-order valence-electron chi connectivity index (χ2n) is 8.03. The van der Waals surface area contributed by atoms with E-state index in [9.17, 15) is 4.39 Å². The number of nitrogens with zero attached hydrogens (tertiary/aromatic N) is 3. The molecule has 1 atom stereocenters. The molecule has 3 saturated heterocycles. The first kappa shape index (κ1) is 19.5. The van der Waals surface area contributed by atoms with Gasteiger partial charge in [0, 0.05) is 44.7 Å². The van der Waals surface area contributed by atoms with Crippen molar-refractivity contribution in [2.75, 3.05) is 64.1 Å². The second kappa shape index (κ2) is 8.66. The molecule has 1 aromatic carbocycles. The van der Waals surface area contributed by atoms with Crippen molar-refractivity contribution in [3.05, 3.63) is 29.6 Å². The van der Waals surface area contributed by atoms with Gasteiger partial charge < -0.3 is 24.6 Å². The third-order valence-electron chi connectivity index (χ3n) is 6.03. The topological polar surface area (TPSA) is 49.3 Å². The lowest BCUT2D eigenvalue weighted by molar-refractivity contribution is 0.122. The van der Waals surface area contributed by atoms with Crippen LogP contribution in [0.25, 0.3) is 0 Å². The molecule has 1 N–H and O–H groups in total. The van der Waals surface area contributed by atoms with Crippen molar-refractivity contribution in [3.63, 3.8) is 0 Å². The molecule has 3 aliphatic heterocycles. The van der Waals surface area contributed by atoms with Gasteiger partial charge in [0.1, 0.15) is 5.82 Å². The van der Waals surface area contributed by atoms with Crippen molar-refractivity contribution < 1.29 is 13.9 Å². The van der Waals surface area contributed by atoms with E-state index >= 15 is 0 Å². The van der Waals surface area contributed by atoms with Crippen LogP contribution < -0.4 is 10.2 Å². The van der Waals surface area contributed by atoms with Gasteiger partial charge in [-0.2, -0.15) is 0 Å². The van der Waals surface area contributed by atoms with E-state index in [-0.39, 0.29) is 5.82 Å². The van der Waals surface area contributed by atoms with Gasteiger partial charge in [0.25, 0.3) is 0 Å². The van der Waals surface area contributed by atoms with E-state index in [4.69, 9.17) is 14.5 Å². The molecule has 0 aliphatic carbocycles. The van der Waals surface area contributed by atoms with Gasteiger partial charge in [-0.1, -0.05) is 6.07 Å². The van der Waals surface area contributed by atoms with Crippen molar-refractivity contribution in [3.8, 4) is 0 Å². The molecule has 3 fully saturated rings. The van der Waals surface area contributed by atoms with E-state index in [1.54, 1.807) is 6.07 Å². The first-order chi connectivity index (χ1) is 13.7. The van der Waals surface area contributed by atoms with Gasteiger partial charge in [0.15, 0.2) is 5.96 Å². The number of morpholine rings is 1. The number of hydrogen-bond donors (Lipinski definition) is 1. The highest BCUT2D eigenvalue weighted by Crippen LogP contribution is 2.38. The normalized spacial score (nSPS) is 25.7. The number of halogens is 1. The van der Waals surface area contributed by atoms with Crippen molar-refractivity contribution in [1.82, 2.24) is 10.2 Å². The third kappa shape index (κ3) is 4.25. The molecule has 0 bridgehead atoms. The van der Waals surface area contributed by atoms with Crippen molar-refractivity contribution in [1.29, 1.82) is 0 Å². The van der Waals surface area contributed by atoms with Gasteiger partial charge in [0.05, 0.1) is 32.1 Å². The van der Waals surface area contributed by atoms with Gasteiger partial charge in [-0.3, -0.25) is 0 Å². The van der Waals surface area contributed by atoms with Gasteiger partial charge in [-0.15, -0.1) is 0 Å². The smallest absolute Gasteiger partial charge is 0.194 e. The van der Waals surface area contributed by atoms with Gasteiger partial charge in [0.2, 0.25) is 0 Å². The Balaban J connectivity index is 1.42. The second-order valence-corrected chi connectivity index (χ2v) is 8.03. The van der Waals surface area contributed by atoms with Crippen LogP contribution in [-0.4, -0.2) is 70.0 Å². The predicted octanol–water partition coefficient (Wildman–Crippen LogP) is 2.24. The zero-order valence-corrected chi connectivity index (χ0v) is 16.8. The van der Waals surface area contributed by atoms with Crippen molar-refractivity contribution in [2.45, 2.75) is 26.3 Å². The van der Waals surface area contributed by atoms with Crippen LogP contribution in [0.1, 0.15) is 25.3 Å². The monoisotopic (exact) mass is 390 g/mol. The number of benzene rings is 1. The first-order valence-electron chi connectivity index (χ1n) is 10.4. The van der Waals surface area contributed by atoms with Crippen LogP contribution in [0.5, 0.6) is 0 Å². The van der Waals surface area contributed by atoms with E-state index in [2.05, 4.69) is 17.1 Å². The summed E-state index contributed by atoms with van der Waals surface area (Å²) >= 11 is 0. The largest absolute Gasteiger partial charge is 0.381 e. The minimum absolute atomic E-state index is 0.178. The molecule has 4 rings (SSSR count). The van der Waals surface area contributed by atoms with E-state index in [1.165, 1.54) is 0 Å². The van der Waals surface area contributed by atoms with E-state index < -0.39 is 0 Å². The molecule has 1 unspecified atom stereocenters. The van der Waals surface area contributed by atoms with Crippen LogP contribution in [0.3, 0.4) is 0 Å². The molecule has 1 aromatic rings. The minimum Gasteiger partial charge on any atom is -0.381 e. The molecule has 3 aliphatic rings. The maximum atomic E-state index is 14.6. The highest BCUT2D eigenvalue weighted by atomic mass is 19.1. The summed E-state index contributed by atoms with van der Waals surface area (Å²) in [5.41, 5.74) is 1.84. The Morgan fingerprint density at radius 3 is 2.75 bits per heavy atom. The maximum Gasteiger partial charge on any atom is 0.194 e. The Hall–Kier alpha value is -1.86. The maximum absolute atomic E-state index is 14.6. The number of ether oxygens (including phenoxy) is 2. The van der Waals surface area contributed by atoms with E-state index in [0.29, 0.717) is 30.9 Å². The quantitative estimate of drug-likeness (QED) is 0.631. The van der Waals surface area contributed by atoms with E-state index in [0.717, 1.165) is 70.3 Å². The Morgan fingerprint density at radius 1 is 1.18 bits per heavy atom. The van der Waals surface area contributed by atoms with Crippen LogP contribution in [0, 0.1) is 11.2 Å². The molecule has 0 aromatic heterocycles. The van der Waals surface area contributed by atoms with Gasteiger partial charge in [-0.25, -0.2) is 9.38 Å². The lowest BCUT2D eigenvalue weighted by atomic mass is 9.87. The standard InChI is InChI=1S/C21H31FN4O2/c1-2-23-20(26-7-5-21(15-26)6-10-28-16-21)24-14-17-3-4-19(18(22)13-17)25-8-11-27-12-9-25/h3-4,13H,2,5-12,14-16H2,1H3,(H,23,24). The Labute approximate surface area is 166 Å². The Morgan fingerprint density at radius 2 is 2.04 bits per heavy atom. The lowest BCUT2D eigenvalue weighted by Gasteiger charge is -2.29. The van der Waals surface area contributed by atoms with Gasteiger partial charge >= 0.3 is 0 Å². The number of anilines is 1. The summed E-state index contributed by atoms with van der Waals surface area (Å²) in [7, 11) is 0. The fourth-order valence-electron chi connectivity index (χ4n) is 4.39. The zero-order chi connectivity index (χ0) is 19.4. The molecule has 6 nitrogen and oxygen atoms in total. The molecule has 1 spiro atoms. The molecule has 7 heteroatoms. The number of likely N-dealkylation sites (tertiary alicyclic amines) is 1. The molecule has 28 heavy (non-hydrogen) atoms. The minimum atomic E-state index is -0.178. The Kier molecular flexibility index (Phi) is 6.01. The fourth-order valence-corrected chi connectivity index (χ4v) is 4.39. The predicted molar refractivity (Wildman–Crippen MR) is 108 cm³/mol. The fraction of sp³-hybridized carbons (Fsp3) is 0.667. The summed E-state index contributed by atoms with van der Waals surface area (Å²) in [6.07, 6.45) is 2.29. The first-order valence-corrected chi connectivity index (χ1v) is 10.4. The molecule has 0 radical (unpaired) electrons. The summed E-state index contributed by atoms with van der Waals surface area (Å²) in [5, 5.41) is 3.40. The van der Waals surface area contributed by atoms with Crippen LogP contribution in [0.2, 0.25) is 0 Å². The SMILES string of the molecule is CCNC(=NCc1ccc(N2CCOCC2)c(F)c1)N1CCC2(CCOC2)C1. The summed E-state index contributed by atoms with van der Waals surface area (Å²) in [6.45, 7) is 9.87. The number of aliphatic imine (C=N–C) groups is 1. The molecule has 0 saturated carbocycles. The molecule has 154 valence electrons. The Bertz CT molecular complexity index is 700. The van der Waals surface area contributed by atoms with Crippen molar-refractivity contribution >= 4 is 11.6 Å².